The summed E-state index contributed by atoms with van der Waals surface area (Å²) in [5, 5.41) is 2.68. The third-order valence-corrected chi connectivity index (χ3v) is 9.81. The Morgan fingerprint density at radius 1 is 1.16 bits per heavy atom. The summed E-state index contributed by atoms with van der Waals surface area (Å²) >= 11 is 0. The maximum Gasteiger partial charge on any atom is 0.309 e. The van der Waals surface area contributed by atoms with Gasteiger partial charge in [0.1, 0.15) is 6.61 Å². The average molecular weight is 430 g/mol. The van der Waals surface area contributed by atoms with Crippen LogP contribution in [-0.4, -0.2) is 30.8 Å². The average Bonchev–Trinajstić information content (AvgIpc) is 3.08. The Balaban J connectivity index is 1.44. The molecule has 0 aliphatic heterocycles. The number of rotatable bonds is 5. The third-order valence-electron chi connectivity index (χ3n) is 9.81. The van der Waals surface area contributed by atoms with Crippen LogP contribution in [0, 0.1) is 46.3 Å². The van der Waals surface area contributed by atoms with Crippen LogP contribution < -0.4 is 5.32 Å². The molecule has 3 fully saturated rings. The van der Waals surface area contributed by atoms with Gasteiger partial charge in [-0.25, -0.2) is 0 Å². The topological polar surface area (TPSA) is 72.5 Å². The maximum atomic E-state index is 12.8. The minimum atomic E-state index is -0.122. The lowest BCUT2D eigenvalue weighted by Gasteiger charge is -2.59. The number of esters is 1. The van der Waals surface area contributed by atoms with Gasteiger partial charge in [-0.2, -0.15) is 0 Å². The zero-order chi connectivity index (χ0) is 22.4. The Bertz CT molecular complexity index is 775. The van der Waals surface area contributed by atoms with Crippen molar-refractivity contribution < 1.29 is 19.1 Å². The molecular formula is C26H39NO4. The molecule has 0 aromatic rings. The van der Waals surface area contributed by atoms with Gasteiger partial charge >= 0.3 is 5.97 Å². The summed E-state index contributed by atoms with van der Waals surface area (Å²) in [6.07, 6.45) is 11.9. The first-order valence-corrected chi connectivity index (χ1v) is 12.3. The molecule has 4 aliphatic carbocycles. The van der Waals surface area contributed by atoms with E-state index < -0.39 is 0 Å². The largest absolute Gasteiger partial charge is 0.464 e. The van der Waals surface area contributed by atoms with Crippen molar-refractivity contribution in [2.45, 2.75) is 72.6 Å². The molecule has 3 saturated carbocycles. The predicted octanol–water partition coefficient (Wildman–Crippen LogP) is 4.31. The van der Waals surface area contributed by atoms with Crippen molar-refractivity contribution in [1.29, 1.82) is 0 Å². The molecule has 8 atom stereocenters. The SMILES string of the molecule is CC(=O)NCCOC(=O)[C@@H](C)[C@H]1CC[C@H]2[C@@H]3CCC4CC(=O)C=C[C@]4(C)[C@H]3CC[C@]12C. The van der Waals surface area contributed by atoms with Gasteiger partial charge in [-0.05, 0) is 85.0 Å². The van der Waals surface area contributed by atoms with E-state index in [1.807, 2.05) is 13.0 Å². The fourth-order valence-corrected chi connectivity index (χ4v) is 8.17. The number of ketones is 1. The van der Waals surface area contributed by atoms with Crippen LogP contribution >= 0.6 is 0 Å². The summed E-state index contributed by atoms with van der Waals surface area (Å²) in [5.41, 5.74) is 0.346. The Morgan fingerprint density at radius 3 is 2.68 bits per heavy atom. The molecule has 5 heteroatoms. The second kappa shape index (κ2) is 8.37. The Hall–Kier alpha value is -1.65. The first-order chi connectivity index (χ1) is 14.7. The first-order valence-electron chi connectivity index (χ1n) is 12.3. The van der Waals surface area contributed by atoms with Gasteiger partial charge in [0.2, 0.25) is 5.91 Å². The Kier molecular flexibility index (Phi) is 6.08. The van der Waals surface area contributed by atoms with E-state index in [1.54, 1.807) is 0 Å². The van der Waals surface area contributed by atoms with E-state index in [4.69, 9.17) is 4.74 Å². The first kappa shape index (κ1) is 22.5. The minimum absolute atomic E-state index is 0.104. The van der Waals surface area contributed by atoms with Gasteiger partial charge in [0.25, 0.3) is 0 Å². The molecule has 0 heterocycles. The highest BCUT2D eigenvalue weighted by atomic mass is 16.5. The molecule has 1 N–H and O–H groups in total. The number of allylic oxidation sites excluding steroid dienone is 2. The van der Waals surface area contributed by atoms with Crippen LogP contribution in [0.1, 0.15) is 72.6 Å². The molecule has 0 bridgehead atoms. The molecule has 172 valence electrons. The van der Waals surface area contributed by atoms with Crippen molar-refractivity contribution in [2.75, 3.05) is 13.2 Å². The molecule has 0 radical (unpaired) electrons. The van der Waals surface area contributed by atoms with Crippen LogP contribution in [0.3, 0.4) is 0 Å². The van der Waals surface area contributed by atoms with E-state index in [0.29, 0.717) is 41.9 Å². The summed E-state index contributed by atoms with van der Waals surface area (Å²) in [7, 11) is 0. The van der Waals surface area contributed by atoms with E-state index in [2.05, 4.69) is 25.2 Å². The lowest BCUT2D eigenvalue weighted by molar-refractivity contribution is -0.153. The summed E-state index contributed by atoms with van der Waals surface area (Å²) in [4.78, 5) is 35.8. The summed E-state index contributed by atoms with van der Waals surface area (Å²) in [5.74, 6) is 2.85. The van der Waals surface area contributed by atoms with Gasteiger partial charge in [-0.3, -0.25) is 14.4 Å². The summed E-state index contributed by atoms with van der Waals surface area (Å²) in [6.45, 7) is 8.96. The highest BCUT2D eigenvalue weighted by molar-refractivity contribution is 5.91. The molecule has 1 amide bonds. The van der Waals surface area contributed by atoms with Crippen molar-refractivity contribution >= 4 is 17.7 Å². The molecule has 0 spiro atoms. The normalized spacial score (nSPS) is 42.2. The van der Waals surface area contributed by atoms with Crippen molar-refractivity contribution in [1.82, 2.24) is 5.32 Å². The van der Waals surface area contributed by atoms with Crippen molar-refractivity contribution in [3.05, 3.63) is 12.2 Å². The van der Waals surface area contributed by atoms with Crippen LogP contribution in [-0.2, 0) is 19.1 Å². The molecule has 1 unspecified atom stereocenters. The van der Waals surface area contributed by atoms with Crippen LogP contribution in [0.25, 0.3) is 0 Å². The van der Waals surface area contributed by atoms with Gasteiger partial charge < -0.3 is 10.1 Å². The zero-order valence-electron chi connectivity index (χ0n) is 19.6. The molecular weight excluding hydrogens is 390 g/mol. The number of carbonyl (C=O) groups excluding carboxylic acids is 3. The predicted molar refractivity (Wildman–Crippen MR) is 119 cm³/mol. The van der Waals surface area contributed by atoms with Crippen molar-refractivity contribution in [3.63, 3.8) is 0 Å². The summed E-state index contributed by atoms with van der Waals surface area (Å²) in [6, 6.07) is 0. The van der Waals surface area contributed by atoms with Crippen LogP contribution in [0.15, 0.2) is 12.2 Å². The van der Waals surface area contributed by atoms with Gasteiger partial charge in [0.05, 0.1) is 12.5 Å². The fourth-order valence-electron chi connectivity index (χ4n) is 8.17. The number of carbonyl (C=O) groups is 3. The maximum absolute atomic E-state index is 12.8. The number of fused-ring (bicyclic) bond motifs is 5. The number of ether oxygens (including phenoxy) is 1. The molecule has 0 aromatic heterocycles. The standard InChI is InChI=1S/C26H39NO4/c1-16(24(30)31-14-13-27-17(2)28)21-7-8-22-20-6-5-18-15-19(29)9-11-25(18,3)23(20)10-12-26(21,22)4/h9,11,16,18,20-23H,5-8,10,12-15H2,1-4H3,(H,27,28)/t16-,18?,20-,21+,22-,23-,25-,26+/m0/s1. The highest BCUT2D eigenvalue weighted by Crippen LogP contribution is 2.67. The second-order valence-corrected chi connectivity index (χ2v) is 11.2. The van der Waals surface area contributed by atoms with E-state index in [-0.39, 0.29) is 35.2 Å². The smallest absolute Gasteiger partial charge is 0.309 e. The van der Waals surface area contributed by atoms with Gasteiger partial charge in [-0.1, -0.05) is 26.8 Å². The lowest BCUT2D eigenvalue weighted by atomic mass is 9.45. The van der Waals surface area contributed by atoms with Crippen molar-refractivity contribution in [2.24, 2.45) is 46.3 Å². The quantitative estimate of drug-likeness (QED) is 0.522. The highest BCUT2D eigenvalue weighted by Gasteiger charge is 2.60. The molecule has 4 aliphatic rings. The third kappa shape index (κ3) is 3.87. The molecule has 5 nitrogen and oxygen atoms in total. The fraction of sp³-hybridized carbons (Fsp3) is 0.808. The van der Waals surface area contributed by atoms with E-state index >= 15 is 0 Å². The Morgan fingerprint density at radius 2 is 1.94 bits per heavy atom. The zero-order valence-corrected chi connectivity index (χ0v) is 19.6. The van der Waals surface area contributed by atoms with E-state index in [0.717, 1.165) is 25.7 Å². The van der Waals surface area contributed by atoms with Crippen LogP contribution in [0.4, 0.5) is 0 Å². The van der Waals surface area contributed by atoms with E-state index in [9.17, 15) is 14.4 Å². The second-order valence-electron chi connectivity index (χ2n) is 11.2. The lowest BCUT2D eigenvalue weighted by Crippen LogP contribution is -2.53. The molecule has 4 rings (SSSR count). The van der Waals surface area contributed by atoms with Gasteiger partial charge in [-0.15, -0.1) is 0 Å². The number of hydrogen-bond acceptors (Lipinski definition) is 4. The van der Waals surface area contributed by atoms with Crippen LogP contribution in [0.5, 0.6) is 0 Å². The molecule has 0 saturated heterocycles. The number of amides is 1. The van der Waals surface area contributed by atoms with Gasteiger partial charge in [0, 0.05) is 13.3 Å². The Labute approximate surface area is 186 Å². The number of nitrogens with one attached hydrogen (secondary N) is 1. The minimum Gasteiger partial charge on any atom is -0.464 e. The van der Waals surface area contributed by atoms with Crippen molar-refractivity contribution in [3.8, 4) is 0 Å². The van der Waals surface area contributed by atoms with Crippen LogP contribution in [0.2, 0.25) is 0 Å². The number of hydrogen-bond donors (Lipinski definition) is 1. The molecule has 0 aromatic carbocycles. The van der Waals surface area contributed by atoms with E-state index in [1.165, 1.54) is 26.2 Å². The monoisotopic (exact) mass is 429 g/mol. The molecule has 31 heavy (non-hydrogen) atoms. The van der Waals surface area contributed by atoms with Gasteiger partial charge in [0.15, 0.2) is 5.78 Å². The summed E-state index contributed by atoms with van der Waals surface area (Å²) < 4.78 is 5.50.